The van der Waals surface area contributed by atoms with Gasteiger partial charge >= 0.3 is 5.97 Å². The van der Waals surface area contributed by atoms with E-state index in [1.807, 2.05) is 0 Å². The van der Waals surface area contributed by atoms with Crippen LogP contribution in [-0.2, 0) is 9.53 Å². The molecule has 0 aromatic carbocycles. The number of rotatable bonds is 2. The summed E-state index contributed by atoms with van der Waals surface area (Å²) < 4.78 is 4.71. The molecular formula is C7H9ClO2. The topological polar surface area (TPSA) is 26.3 Å². The van der Waals surface area contributed by atoms with E-state index in [1.165, 1.54) is 0 Å². The van der Waals surface area contributed by atoms with Crippen LogP contribution in [-0.4, -0.2) is 12.0 Å². The molecule has 3 aliphatic carbocycles. The van der Waals surface area contributed by atoms with Crippen molar-refractivity contribution in [1.29, 1.82) is 0 Å². The first kappa shape index (κ1) is 6.47. The number of ether oxygens (including phenoxy) is 1. The van der Waals surface area contributed by atoms with Crippen LogP contribution in [0, 0.1) is 11.3 Å². The van der Waals surface area contributed by atoms with E-state index in [0.717, 1.165) is 25.2 Å². The average Bonchev–Trinajstić information content (AvgIpc) is 1.56. The summed E-state index contributed by atoms with van der Waals surface area (Å²) in [6.07, 6.45) is 3.13. The lowest BCUT2D eigenvalue weighted by Crippen LogP contribution is -2.57. The Morgan fingerprint density at radius 1 is 1.60 bits per heavy atom. The summed E-state index contributed by atoms with van der Waals surface area (Å²) >= 11 is 5.26. The SMILES string of the molecule is O=C(OCCl)C12CC(C1)C2. The zero-order valence-corrected chi connectivity index (χ0v) is 6.36. The van der Waals surface area contributed by atoms with Gasteiger partial charge in [0.1, 0.15) is 0 Å². The lowest BCUT2D eigenvalue weighted by molar-refractivity contribution is -0.189. The smallest absolute Gasteiger partial charge is 0.313 e. The van der Waals surface area contributed by atoms with Gasteiger partial charge in [0.25, 0.3) is 0 Å². The van der Waals surface area contributed by atoms with Crippen molar-refractivity contribution in [3.63, 3.8) is 0 Å². The molecule has 2 nitrogen and oxygen atoms in total. The van der Waals surface area contributed by atoms with Crippen LogP contribution in [0.3, 0.4) is 0 Å². The van der Waals surface area contributed by atoms with Crippen molar-refractivity contribution < 1.29 is 9.53 Å². The summed E-state index contributed by atoms with van der Waals surface area (Å²) in [4.78, 5) is 11.1. The number of hydrogen-bond donors (Lipinski definition) is 0. The summed E-state index contributed by atoms with van der Waals surface area (Å²) in [5.74, 6) is 0.743. The molecule has 0 amide bonds. The second-order valence-corrected chi connectivity index (χ2v) is 3.52. The monoisotopic (exact) mass is 160 g/mol. The van der Waals surface area contributed by atoms with Crippen LogP contribution in [0.4, 0.5) is 0 Å². The molecule has 56 valence electrons. The van der Waals surface area contributed by atoms with Crippen LogP contribution in [0.15, 0.2) is 0 Å². The Balaban J connectivity index is 1.92. The molecule has 3 saturated carbocycles. The molecule has 0 aromatic heterocycles. The van der Waals surface area contributed by atoms with Gasteiger partial charge in [-0.25, -0.2) is 0 Å². The van der Waals surface area contributed by atoms with Gasteiger partial charge in [-0.3, -0.25) is 4.79 Å². The molecule has 10 heavy (non-hydrogen) atoms. The number of carbonyl (C=O) groups excluding carboxylic acids is 1. The third-order valence-corrected chi connectivity index (χ3v) is 2.77. The Hall–Kier alpha value is -0.240. The van der Waals surface area contributed by atoms with Gasteiger partial charge in [0.05, 0.1) is 5.41 Å². The lowest BCUT2D eigenvalue weighted by atomic mass is 9.44. The van der Waals surface area contributed by atoms with Crippen molar-refractivity contribution in [2.75, 3.05) is 6.07 Å². The van der Waals surface area contributed by atoms with E-state index in [9.17, 15) is 4.79 Å². The molecule has 0 radical (unpaired) electrons. The molecule has 0 atom stereocenters. The Morgan fingerprint density at radius 2 is 2.20 bits per heavy atom. The maximum atomic E-state index is 11.1. The molecule has 3 rings (SSSR count). The fourth-order valence-corrected chi connectivity index (χ4v) is 2.03. The zero-order valence-electron chi connectivity index (χ0n) is 5.60. The second-order valence-electron chi connectivity index (χ2n) is 3.30. The van der Waals surface area contributed by atoms with Crippen LogP contribution >= 0.6 is 11.6 Å². The highest BCUT2D eigenvalue weighted by atomic mass is 35.5. The van der Waals surface area contributed by atoms with Crippen molar-refractivity contribution >= 4 is 17.6 Å². The van der Waals surface area contributed by atoms with Gasteiger partial charge < -0.3 is 4.74 Å². The minimum Gasteiger partial charge on any atom is -0.449 e. The Morgan fingerprint density at radius 3 is 2.50 bits per heavy atom. The zero-order chi connectivity index (χ0) is 7.19. The van der Waals surface area contributed by atoms with Crippen LogP contribution < -0.4 is 0 Å². The van der Waals surface area contributed by atoms with Gasteiger partial charge in [0.2, 0.25) is 0 Å². The molecule has 0 spiro atoms. The summed E-state index contributed by atoms with van der Waals surface area (Å²) in [6.45, 7) is 0. The van der Waals surface area contributed by atoms with Gasteiger partial charge in [-0.05, 0) is 25.2 Å². The highest BCUT2D eigenvalue weighted by Gasteiger charge is 2.62. The molecule has 0 aliphatic heterocycles. The third-order valence-electron chi connectivity index (χ3n) is 2.66. The molecule has 2 bridgehead atoms. The van der Waals surface area contributed by atoms with Gasteiger partial charge in [0, 0.05) is 0 Å². The first-order chi connectivity index (χ1) is 4.77. The van der Waals surface area contributed by atoms with Crippen LogP contribution in [0.1, 0.15) is 19.3 Å². The summed E-state index contributed by atoms with van der Waals surface area (Å²) in [6, 6.07) is 0.00521. The predicted octanol–water partition coefficient (Wildman–Crippen LogP) is 1.53. The number of carbonyl (C=O) groups is 1. The molecular weight excluding hydrogens is 152 g/mol. The van der Waals surface area contributed by atoms with E-state index in [2.05, 4.69) is 0 Å². The van der Waals surface area contributed by atoms with Crippen molar-refractivity contribution in [1.82, 2.24) is 0 Å². The summed E-state index contributed by atoms with van der Waals surface area (Å²) in [5.41, 5.74) is -0.0699. The molecule has 0 aromatic rings. The van der Waals surface area contributed by atoms with Crippen LogP contribution in [0.2, 0.25) is 0 Å². The van der Waals surface area contributed by atoms with E-state index in [1.54, 1.807) is 0 Å². The van der Waals surface area contributed by atoms with Gasteiger partial charge in [-0.1, -0.05) is 11.6 Å². The van der Waals surface area contributed by atoms with Crippen molar-refractivity contribution in [2.45, 2.75) is 19.3 Å². The fourth-order valence-electron chi connectivity index (χ4n) is 1.93. The largest absolute Gasteiger partial charge is 0.449 e. The normalized spacial score (nSPS) is 41.5. The van der Waals surface area contributed by atoms with E-state index in [-0.39, 0.29) is 17.5 Å². The minimum absolute atomic E-state index is 0.00521. The highest BCUT2D eigenvalue weighted by Crippen LogP contribution is 2.64. The number of esters is 1. The number of halogens is 1. The highest BCUT2D eigenvalue weighted by molar-refractivity contribution is 6.17. The first-order valence-electron chi connectivity index (χ1n) is 3.50. The Kier molecular flexibility index (Phi) is 1.21. The first-order valence-corrected chi connectivity index (χ1v) is 4.03. The standard InChI is InChI=1S/C7H9ClO2/c8-4-10-6(9)7-1-5(2-7)3-7/h5H,1-4H2. The summed E-state index contributed by atoms with van der Waals surface area (Å²) in [5, 5.41) is 0. The molecule has 0 heterocycles. The van der Waals surface area contributed by atoms with E-state index in [0.29, 0.717) is 0 Å². The predicted molar refractivity (Wildman–Crippen MR) is 36.6 cm³/mol. The third kappa shape index (κ3) is 0.628. The van der Waals surface area contributed by atoms with Crippen LogP contribution in [0.25, 0.3) is 0 Å². The van der Waals surface area contributed by atoms with Crippen molar-refractivity contribution in [3.05, 3.63) is 0 Å². The van der Waals surface area contributed by atoms with Gasteiger partial charge in [0.15, 0.2) is 6.07 Å². The maximum absolute atomic E-state index is 11.1. The van der Waals surface area contributed by atoms with Gasteiger partial charge in [-0.2, -0.15) is 0 Å². The lowest BCUT2D eigenvalue weighted by Gasteiger charge is -2.59. The van der Waals surface area contributed by atoms with Gasteiger partial charge in [-0.15, -0.1) is 0 Å². The number of alkyl halides is 1. The van der Waals surface area contributed by atoms with Crippen molar-refractivity contribution in [2.24, 2.45) is 11.3 Å². The molecule has 0 saturated heterocycles. The Labute approximate surface area is 64.5 Å². The van der Waals surface area contributed by atoms with Crippen LogP contribution in [0.5, 0.6) is 0 Å². The molecule has 3 aliphatic rings. The summed E-state index contributed by atoms with van der Waals surface area (Å²) in [7, 11) is 0. The van der Waals surface area contributed by atoms with E-state index >= 15 is 0 Å². The molecule has 3 heteroatoms. The molecule has 0 unspecified atom stereocenters. The molecule has 3 fully saturated rings. The maximum Gasteiger partial charge on any atom is 0.313 e. The van der Waals surface area contributed by atoms with E-state index in [4.69, 9.17) is 16.3 Å². The quantitative estimate of drug-likeness (QED) is 0.452. The van der Waals surface area contributed by atoms with E-state index < -0.39 is 0 Å². The Bertz CT molecular complexity index is 161. The minimum atomic E-state index is -0.0787. The number of hydrogen-bond acceptors (Lipinski definition) is 2. The molecule has 0 N–H and O–H groups in total. The van der Waals surface area contributed by atoms with Crippen molar-refractivity contribution in [3.8, 4) is 0 Å². The second kappa shape index (κ2) is 1.88. The average molecular weight is 161 g/mol. The fraction of sp³-hybridized carbons (Fsp3) is 0.857.